The fourth-order valence-corrected chi connectivity index (χ4v) is 2.87. The molecule has 0 bridgehead atoms. The first kappa shape index (κ1) is 19.2. The lowest BCUT2D eigenvalue weighted by atomic mass is 10.0. The van der Waals surface area contributed by atoms with E-state index in [1.165, 1.54) is 53.0 Å². The van der Waals surface area contributed by atoms with E-state index in [1.54, 1.807) is 0 Å². The second-order valence-corrected chi connectivity index (χ2v) is 6.49. The Bertz CT molecular complexity index is 1250. The molecule has 2 aromatic carbocycles. The summed E-state index contributed by atoms with van der Waals surface area (Å²) in [5, 5.41) is 11.7. The summed E-state index contributed by atoms with van der Waals surface area (Å²) in [6.07, 6.45) is -0.383. The third-order valence-electron chi connectivity index (χ3n) is 4.43. The van der Waals surface area contributed by atoms with Crippen LogP contribution in [0.4, 0.5) is 14.7 Å². The first-order chi connectivity index (χ1) is 14.4. The van der Waals surface area contributed by atoms with Gasteiger partial charge in [-0.2, -0.15) is 9.61 Å². The van der Waals surface area contributed by atoms with Crippen LogP contribution in [0.2, 0.25) is 0 Å². The number of halogens is 2. The molecule has 0 radical (unpaired) electrons. The van der Waals surface area contributed by atoms with Gasteiger partial charge in [-0.25, -0.2) is 13.8 Å². The van der Waals surface area contributed by atoms with Crippen LogP contribution in [0.25, 0.3) is 5.78 Å². The second kappa shape index (κ2) is 7.74. The number of carbonyl (C=O) groups excluding carboxylic acids is 2. The van der Waals surface area contributed by atoms with Gasteiger partial charge in [0.1, 0.15) is 11.6 Å². The fraction of sp³-hybridized carbons (Fsp3) is 0.100. The van der Waals surface area contributed by atoms with Gasteiger partial charge in [0.05, 0.1) is 24.2 Å². The van der Waals surface area contributed by atoms with Crippen LogP contribution in [-0.2, 0) is 12.8 Å². The predicted octanol–water partition coefficient (Wildman–Crippen LogP) is 2.23. The summed E-state index contributed by atoms with van der Waals surface area (Å²) in [7, 11) is 0. The minimum absolute atomic E-state index is 0.0237. The highest BCUT2D eigenvalue weighted by Crippen LogP contribution is 2.15. The third kappa shape index (κ3) is 3.88. The van der Waals surface area contributed by atoms with Crippen molar-refractivity contribution < 1.29 is 18.4 Å². The van der Waals surface area contributed by atoms with Gasteiger partial charge in [-0.05, 0) is 48.5 Å². The lowest BCUT2D eigenvalue weighted by Crippen LogP contribution is -2.16. The molecule has 0 aliphatic carbocycles. The number of fused-ring (bicyclic) bond motifs is 1. The number of carbonyl (C=O) groups is 2. The maximum atomic E-state index is 13.1. The lowest BCUT2D eigenvalue weighted by molar-refractivity contribution is 0.0976. The molecule has 4 rings (SSSR count). The molecule has 0 aliphatic rings. The topological polar surface area (TPSA) is 116 Å². The molecule has 30 heavy (non-hydrogen) atoms. The predicted molar refractivity (Wildman–Crippen MR) is 102 cm³/mol. The summed E-state index contributed by atoms with van der Waals surface area (Å²) in [5.41, 5.74) is 6.72. The van der Waals surface area contributed by atoms with Crippen molar-refractivity contribution in [1.29, 1.82) is 0 Å². The largest absolute Gasteiger partial charge is 0.366 e. The van der Waals surface area contributed by atoms with Gasteiger partial charge in [0.25, 0.3) is 5.78 Å². The zero-order valence-corrected chi connectivity index (χ0v) is 15.4. The molecule has 150 valence electrons. The molecule has 2 aromatic heterocycles. The van der Waals surface area contributed by atoms with E-state index >= 15 is 0 Å². The third-order valence-corrected chi connectivity index (χ3v) is 4.43. The Morgan fingerprint density at radius 2 is 1.30 bits per heavy atom. The van der Waals surface area contributed by atoms with Gasteiger partial charge in [0, 0.05) is 11.1 Å². The molecule has 0 saturated carbocycles. The van der Waals surface area contributed by atoms with Crippen molar-refractivity contribution in [1.82, 2.24) is 24.8 Å². The molecule has 0 amide bonds. The van der Waals surface area contributed by atoms with E-state index in [2.05, 4.69) is 20.3 Å². The van der Waals surface area contributed by atoms with Crippen LogP contribution in [0.3, 0.4) is 0 Å². The summed E-state index contributed by atoms with van der Waals surface area (Å²) < 4.78 is 27.4. The lowest BCUT2D eigenvalue weighted by Gasteiger charge is -2.08. The molecule has 2 N–H and O–H groups in total. The molecule has 0 aliphatic heterocycles. The van der Waals surface area contributed by atoms with Gasteiger partial charge in [0.2, 0.25) is 5.95 Å². The maximum absolute atomic E-state index is 13.1. The molecule has 2 heterocycles. The summed E-state index contributed by atoms with van der Waals surface area (Å²) >= 11 is 0. The highest BCUT2D eigenvalue weighted by atomic mass is 19.1. The van der Waals surface area contributed by atoms with Crippen LogP contribution in [0.5, 0.6) is 0 Å². The number of anilines is 1. The molecule has 0 fully saturated rings. The van der Waals surface area contributed by atoms with Gasteiger partial charge >= 0.3 is 0 Å². The van der Waals surface area contributed by atoms with Gasteiger partial charge in [-0.1, -0.05) is 0 Å². The molecule has 8 nitrogen and oxygen atoms in total. The zero-order valence-electron chi connectivity index (χ0n) is 15.4. The number of aromatic nitrogens is 5. The summed E-state index contributed by atoms with van der Waals surface area (Å²) in [6.45, 7) is 0. The Kier molecular flexibility index (Phi) is 4.97. The molecular weight excluding hydrogens is 394 g/mol. The number of Topliss-reactive ketones (excluding diaryl/α,β-unsaturated/α-hetero) is 2. The summed E-state index contributed by atoms with van der Waals surface area (Å²) in [5.74, 6) is -1.55. The summed E-state index contributed by atoms with van der Waals surface area (Å²) in [4.78, 5) is 29.5. The van der Waals surface area contributed by atoms with E-state index in [4.69, 9.17) is 5.73 Å². The maximum Gasteiger partial charge on any atom is 0.273 e. The first-order valence-corrected chi connectivity index (χ1v) is 8.85. The van der Waals surface area contributed by atoms with E-state index in [1.807, 2.05) is 0 Å². The van der Waals surface area contributed by atoms with Gasteiger partial charge in [-0.15, -0.1) is 10.2 Å². The van der Waals surface area contributed by atoms with Crippen LogP contribution < -0.4 is 5.73 Å². The first-order valence-electron chi connectivity index (χ1n) is 8.85. The van der Waals surface area contributed by atoms with E-state index in [9.17, 15) is 18.4 Å². The standard InChI is InChI=1S/C20H14F2N6O2/c21-13-5-1-11(2-6-13)17(29)9-15-16(27-28-19(23)25-26-20(28)24-15)10-18(30)12-3-7-14(22)8-4-12/h1-8H,9-10H2,(H2,23,25). The average Bonchev–Trinajstić information content (AvgIpc) is 3.09. The minimum atomic E-state index is -0.462. The van der Waals surface area contributed by atoms with Crippen LogP contribution in [0.15, 0.2) is 48.5 Å². The number of hydrogen-bond donors (Lipinski definition) is 1. The zero-order chi connectivity index (χ0) is 21.3. The van der Waals surface area contributed by atoms with Gasteiger partial charge in [0.15, 0.2) is 11.6 Å². The average molecular weight is 408 g/mol. The SMILES string of the molecule is Nc1nnc2nc(CC(=O)c3ccc(F)cc3)c(CC(=O)c3ccc(F)cc3)nn12. The van der Waals surface area contributed by atoms with Gasteiger partial charge in [-0.3, -0.25) is 9.59 Å². The van der Waals surface area contributed by atoms with Crippen molar-refractivity contribution in [2.24, 2.45) is 0 Å². The van der Waals surface area contributed by atoms with Crippen molar-refractivity contribution in [3.05, 3.63) is 82.7 Å². The molecular formula is C20H14F2N6O2. The Balaban J connectivity index is 1.68. The number of benzene rings is 2. The van der Waals surface area contributed by atoms with E-state index < -0.39 is 11.6 Å². The molecule has 0 saturated heterocycles. The van der Waals surface area contributed by atoms with E-state index in [0.717, 1.165) is 0 Å². The molecule has 0 unspecified atom stereocenters. The quantitative estimate of drug-likeness (QED) is 0.486. The van der Waals surface area contributed by atoms with Crippen LogP contribution >= 0.6 is 0 Å². The van der Waals surface area contributed by atoms with Crippen molar-refractivity contribution in [2.75, 3.05) is 5.73 Å². The Morgan fingerprint density at radius 3 is 1.83 bits per heavy atom. The van der Waals surface area contributed by atoms with Gasteiger partial charge < -0.3 is 5.73 Å². The van der Waals surface area contributed by atoms with Crippen molar-refractivity contribution >= 4 is 23.3 Å². The highest BCUT2D eigenvalue weighted by molar-refractivity contribution is 5.99. The van der Waals surface area contributed by atoms with Crippen LogP contribution in [0.1, 0.15) is 32.1 Å². The highest BCUT2D eigenvalue weighted by Gasteiger charge is 2.19. The van der Waals surface area contributed by atoms with Crippen LogP contribution in [-0.4, -0.2) is 36.4 Å². The minimum Gasteiger partial charge on any atom is -0.366 e. The van der Waals surface area contributed by atoms with Crippen molar-refractivity contribution in [3.8, 4) is 0 Å². The van der Waals surface area contributed by atoms with Crippen molar-refractivity contribution in [3.63, 3.8) is 0 Å². The Labute approximate surface area is 168 Å². The van der Waals surface area contributed by atoms with Crippen molar-refractivity contribution in [2.45, 2.75) is 12.8 Å². The number of nitrogen functional groups attached to an aromatic ring is 1. The Morgan fingerprint density at radius 1 is 0.800 bits per heavy atom. The number of hydrogen-bond acceptors (Lipinski definition) is 7. The molecule has 0 spiro atoms. The second-order valence-electron chi connectivity index (χ2n) is 6.49. The molecule has 10 heteroatoms. The monoisotopic (exact) mass is 408 g/mol. The van der Waals surface area contributed by atoms with E-state index in [0.29, 0.717) is 0 Å². The van der Waals surface area contributed by atoms with Crippen LogP contribution in [0, 0.1) is 11.6 Å². The van der Waals surface area contributed by atoms with E-state index in [-0.39, 0.29) is 58.6 Å². The number of rotatable bonds is 6. The normalized spacial score (nSPS) is 11.0. The molecule has 4 aromatic rings. The smallest absolute Gasteiger partial charge is 0.273 e. The summed E-state index contributed by atoms with van der Waals surface area (Å²) in [6, 6.07) is 10.2. The molecule has 0 atom stereocenters. The number of ketones is 2. The number of nitrogens with two attached hydrogens (primary N) is 1. The Hall–Kier alpha value is -4.08. The fourth-order valence-electron chi connectivity index (χ4n) is 2.87. The number of nitrogens with zero attached hydrogens (tertiary/aromatic N) is 5.